The molecule has 1 saturated heterocycles. The van der Waals surface area contributed by atoms with Gasteiger partial charge in [0.25, 0.3) is 5.91 Å². The van der Waals surface area contributed by atoms with Gasteiger partial charge < -0.3 is 9.72 Å². The molecule has 1 N–H and O–H groups in total. The molecule has 2 aromatic heterocycles. The van der Waals surface area contributed by atoms with Crippen molar-refractivity contribution < 1.29 is 13.2 Å². The second kappa shape index (κ2) is 7.54. The Balaban J connectivity index is 1.53. The first-order valence-electron chi connectivity index (χ1n) is 8.96. The largest absolute Gasteiger partial charge is 0.346 e. The number of carbonyl (C=O) groups excluding carboxylic acids is 1. The van der Waals surface area contributed by atoms with Crippen molar-refractivity contribution in [1.82, 2.24) is 19.0 Å². The topological polar surface area (TPSA) is 83.8 Å². The van der Waals surface area contributed by atoms with E-state index in [0.717, 1.165) is 18.5 Å². The fourth-order valence-electron chi connectivity index (χ4n) is 3.26. The number of halogens is 1. The van der Waals surface area contributed by atoms with Crippen molar-refractivity contribution in [3.8, 4) is 0 Å². The minimum Gasteiger partial charge on any atom is -0.346 e. The molecule has 1 aliphatic heterocycles. The van der Waals surface area contributed by atoms with E-state index in [1.807, 2.05) is 35.0 Å². The first kappa shape index (κ1) is 18.9. The lowest BCUT2D eigenvalue weighted by Gasteiger charge is -2.17. The Bertz CT molecular complexity index is 1100. The van der Waals surface area contributed by atoms with Gasteiger partial charge in [0, 0.05) is 31.0 Å². The van der Waals surface area contributed by atoms with Crippen LogP contribution < -0.4 is 5.32 Å². The summed E-state index contributed by atoms with van der Waals surface area (Å²) in [6.45, 7) is 1.18. The van der Waals surface area contributed by atoms with Crippen LogP contribution in [-0.2, 0) is 16.6 Å². The lowest BCUT2D eigenvalue weighted by atomic mass is 10.2. The van der Waals surface area contributed by atoms with E-state index < -0.39 is 10.0 Å². The molecule has 0 unspecified atom stereocenters. The van der Waals surface area contributed by atoms with Crippen molar-refractivity contribution in [2.24, 2.45) is 0 Å². The van der Waals surface area contributed by atoms with Gasteiger partial charge in [0.2, 0.25) is 10.0 Å². The summed E-state index contributed by atoms with van der Waals surface area (Å²) in [5.41, 5.74) is 1.74. The van der Waals surface area contributed by atoms with E-state index in [9.17, 15) is 13.2 Å². The van der Waals surface area contributed by atoms with Crippen molar-refractivity contribution in [2.75, 3.05) is 13.1 Å². The van der Waals surface area contributed by atoms with E-state index in [1.54, 1.807) is 0 Å². The number of benzene rings is 1. The zero-order chi connectivity index (χ0) is 19.7. The Labute approximate surface area is 168 Å². The highest BCUT2D eigenvalue weighted by Gasteiger charge is 2.29. The number of aromatic nitrogens is 2. The van der Waals surface area contributed by atoms with Crippen LogP contribution in [0.1, 0.15) is 28.9 Å². The van der Waals surface area contributed by atoms with Gasteiger partial charge in [-0.15, -0.1) is 0 Å². The molecule has 4 rings (SSSR count). The third-order valence-corrected chi connectivity index (χ3v) is 7.10. The number of imidazole rings is 1. The Kier molecular flexibility index (Phi) is 5.09. The first-order chi connectivity index (χ1) is 13.4. The van der Waals surface area contributed by atoms with Gasteiger partial charge in [0.1, 0.15) is 10.5 Å². The number of amides is 1. The zero-order valence-electron chi connectivity index (χ0n) is 15.0. The second-order valence-corrected chi connectivity index (χ2v) is 8.95. The molecule has 0 spiro atoms. The highest BCUT2D eigenvalue weighted by atomic mass is 35.5. The number of pyridine rings is 1. The standard InChI is InChI=1S/C19H19ClN4O3S/c20-16-7-6-14(11-17(16)28(26,27)24-9-3-4-10-24)19(25)21-12-15-13-23-8-2-1-5-18(23)22-15/h1-2,5-8,11,13H,3-4,9-10,12H2,(H,21,25). The van der Waals surface area contributed by atoms with Gasteiger partial charge in [-0.2, -0.15) is 4.31 Å². The summed E-state index contributed by atoms with van der Waals surface area (Å²) in [5.74, 6) is -0.383. The number of nitrogens with zero attached hydrogens (tertiary/aromatic N) is 3. The van der Waals surface area contributed by atoms with Crippen LogP contribution in [0.15, 0.2) is 53.7 Å². The molecule has 0 radical (unpaired) electrons. The smallest absolute Gasteiger partial charge is 0.251 e. The maximum absolute atomic E-state index is 12.8. The van der Waals surface area contributed by atoms with Crippen LogP contribution in [0, 0.1) is 0 Å². The highest BCUT2D eigenvalue weighted by Crippen LogP contribution is 2.28. The Morgan fingerprint density at radius 3 is 2.71 bits per heavy atom. The van der Waals surface area contributed by atoms with E-state index in [0.29, 0.717) is 18.8 Å². The molecule has 0 atom stereocenters. The van der Waals surface area contributed by atoms with Gasteiger partial charge in [0.05, 0.1) is 17.3 Å². The number of fused-ring (bicyclic) bond motifs is 1. The van der Waals surface area contributed by atoms with E-state index >= 15 is 0 Å². The minimum absolute atomic E-state index is 0.0311. The average molecular weight is 419 g/mol. The normalized spacial score (nSPS) is 15.2. The maximum Gasteiger partial charge on any atom is 0.251 e. The number of hydrogen-bond acceptors (Lipinski definition) is 4. The third-order valence-electron chi connectivity index (χ3n) is 4.72. The zero-order valence-corrected chi connectivity index (χ0v) is 16.6. The lowest BCUT2D eigenvalue weighted by molar-refractivity contribution is 0.0950. The molecule has 146 valence electrons. The van der Waals surface area contributed by atoms with E-state index in [4.69, 9.17) is 11.6 Å². The summed E-state index contributed by atoms with van der Waals surface area (Å²) in [7, 11) is -3.70. The molecule has 0 aliphatic carbocycles. The Morgan fingerprint density at radius 1 is 1.18 bits per heavy atom. The summed E-state index contributed by atoms with van der Waals surface area (Å²) in [5, 5.41) is 2.89. The maximum atomic E-state index is 12.8. The molecule has 28 heavy (non-hydrogen) atoms. The van der Waals surface area contributed by atoms with E-state index in [1.165, 1.54) is 22.5 Å². The molecule has 0 saturated carbocycles. The number of hydrogen-bond donors (Lipinski definition) is 1. The average Bonchev–Trinajstić information content (AvgIpc) is 3.36. The summed E-state index contributed by atoms with van der Waals surface area (Å²) < 4.78 is 28.9. The second-order valence-electron chi connectivity index (χ2n) is 6.64. The molecule has 7 nitrogen and oxygen atoms in total. The van der Waals surface area contributed by atoms with Gasteiger partial charge in [0.15, 0.2) is 0 Å². The monoisotopic (exact) mass is 418 g/mol. The number of rotatable bonds is 5. The van der Waals surface area contributed by atoms with Crippen LogP contribution >= 0.6 is 11.6 Å². The molecule has 3 heterocycles. The number of nitrogens with one attached hydrogen (secondary N) is 1. The van der Waals surface area contributed by atoms with Crippen molar-refractivity contribution in [3.05, 3.63) is 65.1 Å². The Hall–Kier alpha value is -2.42. The quantitative estimate of drug-likeness (QED) is 0.690. The van der Waals surface area contributed by atoms with Crippen LogP contribution in [0.3, 0.4) is 0 Å². The lowest BCUT2D eigenvalue weighted by Crippen LogP contribution is -2.29. The van der Waals surface area contributed by atoms with Crippen molar-refractivity contribution >= 4 is 33.2 Å². The van der Waals surface area contributed by atoms with Crippen LogP contribution in [-0.4, -0.2) is 41.1 Å². The van der Waals surface area contributed by atoms with Crippen LogP contribution in [0.4, 0.5) is 0 Å². The molecular weight excluding hydrogens is 400 g/mol. The first-order valence-corrected chi connectivity index (χ1v) is 10.8. The van der Waals surface area contributed by atoms with Crippen LogP contribution in [0.25, 0.3) is 5.65 Å². The van der Waals surface area contributed by atoms with Crippen LogP contribution in [0.2, 0.25) is 5.02 Å². The molecule has 1 fully saturated rings. The van der Waals surface area contributed by atoms with Gasteiger partial charge >= 0.3 is 0 Å². The van der Waals surface area contributed by atoms with Crippen molar-refractivity contribution in [2.45, 2.75) is 24.3 Å². The molecule has 9 heteroatoms. The SMILES string of the molecule is O=C(NCc1cn2ccccc2n1)c1ccc(Cl)c(S(=O)(=O)N2CCCC2)c1. The van der Waals surface area contributed by atoms with E-state index in [-0.39, 0.29) is 27.9 Å². The van der Waals surface area contributed by atoms with E-state index in [2.05, 4.69) is 10.3 Å². The fraction of sp³-hybridized carbons (Fsp3) is 0.263. The molecule has 1 aliphatic rings. The molecular formula is C19H19ClN4O3S. The van der Waals surface area contributed by atoms with Crippen molar-refractivity contribution in [1.29, 1.82) is 0 Å². The molecule has 3 aromatic rings. The van der Waals surface area contributed by atoms with Crippen LogP contribution in [0.5, 0.6) is 0 Å². The Morgan fingerprint density at radius 2 is 1.96 bits per heavy atom. The molecule has 1 amide bonds. The van der Waals surface area contributed by atoms with Gasteiger partial charge in [-0.25, -0.2) is 13.4 Å². The predicted octanol–water partition coefficient (Wildman–Crippen LogP) is 2.70. The highest BCUT2D eigenvalue weighted by molar-refractivity contribution is 7.89. The summed E-state index contributed by atoms with van der Waals surface area (Å²) in [4.78, 5) is 16.9. The van der Waals surface area contributed by atoms with Gasteiger partial charge in [-0.05, 0) is 43.2 Å². The third kappa shape index (κ3) is 3.63. The molecule has 1 aromatic carbocycles. The number of sulfonamides is 1. The summed E-state index contributed by atoms with van der Waals surface area (Å²) >= 11 is 6.13. The predicted molar refractivity (Wildman–Crippen MR) is 106 cm³/mol. The minimum atomic E-state index is -3.70. The fourth-order valence-corrected chi connectivity index (χ4v) is 5.27. The molecule has 0 bridgehead atoms. The van der Waals surface area contributed by atoms with Gasteiger partial charge in [-0.3, -0.25) is 4.79 Å². The summed E-state index contributed by atoms with van der Waals surface area (Å²) in [6, 6.07) is 9.97. The van der Waals surface area contributed by atoms with Gasteiger partial charge in [-0.1, -0.05) is 17.7 Å². The van der Waals surface area contributed by atoms with Crippen molar-refractivity contribution in [3.63, 3.8) is 0 Å². The summed E-state index contributed by atoms with van der Waals surface area (Å²) in [6.07, 6.45) is 5.37. The number of carbonyl (C=O) groups is 1.